The molecule has 0 bridgehead atoms. The van der Waals surface area contributed by atoms with Crippen molar-refractivity contribution in [1.29, 1.82) is 0 Å². The van der Waals surface area contributed by atoms with Gasteiger partial charge in [0.25, 0.3) is 11.8 Å². The first kappa shape index (κ1) is 23.8. The fraction of sp³-hybridized carbons (Fsp3) is 0.179. The van der Waals surface area contributed by atoms with Gasteiger partial charge in [0.2, 0.25) is 0 Å². The van der Waals surface area contributed by atoms with Gasteiger partial charge in [-0.1, -0.05) is 42.5 Å². The number of carbonyl (C=O) groups is 2. The molecule has 7 heteroatoms. The van der Waals surface area contributed by atoms with Gasteiger partial charge in [-0.3, -0.25) is 14.3 Å². The van der Waals surface area contributed by atoms with Crippen LogP contribution in [-0.2, 0) is 13.2 Å². The van der Waals surface area contributed by atoms with Gasteiger partial charge in [-0.05, 0) is 61.4 Å². The molecule has 0 saturated carbocycles. The molecular weight excluding hydrogens is 440 g/mol. The van der Waals surface area contributed by atoms with E-state index < -0.39 is 0 Å². The summed E-state index contributed by atoms with van der Waals surface area (Å²) in [6.45, 7) is 4.73. The van der Waals surface area contributed by atoms with E-state index in [1.807, 2.05) is 67.1 Å². The number of amides is 2. The number of benzene rings is 3. The van der Waals surface area contributed by atoms with Crippen molar-refractivity contribution in [3.63, 3.8) is 0 Å². The zero-order valence-electron chi connectivity index (χ0n) is 20.0. The number of hydrogen-bond acceptors (Lipinski definition) is 4. The Morgan fingerprint density at radius 3 is 2.29 bits per heavy atom. The first-order valence-corrected chi connectivity index (χ1v) is 11.4. The highest BCUT2D eigenvalue weighted by Crippen LogP contribution is 2.22. The quantitative estimate of drug-likeness (QED) is 0.391. The SMILES string of the molecule is CNC(=O)c1cccc(Cn2nc(C)c(NC(=O)c3ccc(OCc4ccccc4)cc3)c2C)c1. The molecule has 7 nitrogen and oxygen atoms in total. The lowest BCUT2D eigenvalue weighted by atomic mass is 10.1. The van der Waals surface area contributed by atoms with Crippen molar-refractivity contribution in [3.8, 4) is 5.75 Å². The molecule has 1 aromatic heterocycles. The zero-order valence-corrected chi connectivity index (χ0v) is 20.0. The molecule has 178 valence electrons. The lowest BCUT2D eigenvalue weighted by Crippen LogP contribution is -2.18. The van der Waals surface area contributed by atoms with Crippen molar-refractivity contribution >= 4 is 17.5 Å². The number of anilines is 1. The minimum absolute atomic E-state index is 0.135. The Morgan fingerprint density at radius 1 is 0.857 bits per heavy atom. The van der Waals surface area contributed by atoms with Crippen LogP contribution in [0.4, 0.5) is 5.69 Å². The average Bonchev–Trinajstić information content (AvgIpc) is 3.15. The Morgan fingerprint density at radius 2 is 1.57 bits per heavy atom. The van der Waals surface area contributed by atoms with Crippen LogP contribution in [0.25, 0.3) is 0 Å². The van der Waals surface area contributed by atoms with E-state index in [-0.39, 0.29) is 11.8 Å². The second kappa shape index (κ2) is 10.7. The van der Waals surface area contributed by atoms with Crippen LogP contribution >= 0.6 is 0 Å². The smallest absolute Gasteiger partial charge is 0.255 e. The van der Waals surface area contributed by atoms with E-state index in [0.29, 0.717) is 35.7 Å². The third kappa shape index (κ3) is 5.76. The van der Waals surface area contributed by atoms with Crippen molar-refractivity contribution in [3.05, 3.63) is 113 Å². The molecule has 0 radical (unpaired) electrons. The molecule has 4 rings (SSSR count). The number of rotatable bonds is 8. The van der Waals surface area contributed by atoms with Crippen LogP contribution in [0.2, 0.25) is 0 Å². The molecule has 0 aliphatic carbocycles. The molecule has 4 aromatic rings. The molecular formula is C28H28N4O3. The topological polar surface area (TPSA) is 85.3 Å². The molecule has 0 atom stereocenters. The molecule has 2 amide bonds. The Hall–Kier alpha value is -4.39. The van der Waals surface area contributed by atoms with E-state index in [2.05, 4.69) is 15.7 Å². The van der Waals surface area contributed by atoms with Crippen molar-refractivity contribution in [2.45, 2.75) is 27.0 Å². The van der Waals surface area contributed by atoms with Crippen LogP contribution in [0.1, 0.15) is 43.2 Å². The first-order chi connectivity index (χ1) is 16.9. The van der Waals surface area contributed by atoms with Crippen molar-refractivity contribution < 1.29 is 14.3 Å². The molecule has 0 unspecified atom stereocenters. The van der Waals surface area contributed by atoms with Gasteiger partial charge < -0.3 is 15.4 Å². The molecule has 2 N–H and O–H groups in total. The van der Waals surface area contributed by atoms with Gasteiger partial charge in [-0.2, -0.15) is 5.10 Å². The van der Waals surface area contributed by atoms with Crippen LogP contribution in [0.5, 0.6) is 5.75 Å². The normalized spacial score (nSPS) is 10.6. The second-order valence-electron chi connectivity index (χ2n) is 8.24. The molecule has 0 saturated heterocycles. The van der Waals surface area contributed by atoms with E-state index in [4.69, 9.17) is 4.74 Å². The minimum atomic E-state index is -0.216. The lowest BCUT2D eigenvalue weighted by molar-refractivity contribution is 0.0962. The molecule has 0 aliphatic heterocycles. The predicted molar refractivity (Wildman–Crippen MR) is 136 cm³/mol. The van der Waals surface area contributed by atoms with Gasteiger partial charge in [-0.25, -0.2) is 0 Å². The van der Waals surface area contributed by atoms with Crippen LogP contribution in [-0.4, -0.2) is 28.6 Å². The highest BCUT2D eigenvalue weighted by atomic mass is 16.5. The van der Waals surface area contributed by atoms with Gasteiger partial charge in [0.05, 0.1) is 23.6 Å². The predicted octanol–water partition coefficient (Wildman–Crippen LogP) is 4.74. The van der Waals surface area contributed by atoms with E-state index in [9.17, 15) is 9.59 Å². The van der Waals surface area contributed by atoms with Crippen LogP contribution in [0.15, 0.2) is 78.9 Å². The molecule has 0 aliphatic rings. The first-order valence-electron chi connectivity index (χ1n) is 11.4. The largest absolute Gasteiger partial charge is 0.489 e. The molecule has 35 heavy (non-hydrogen) atoms. The number of nitrogens with one attached hydrogen (secondary N) is 2. The number of ether oxygens (including phenoxy) is 1. The number of nitrogens with zero attached hydrogens (tertiary/aromatic N) is 2. The third-order valence-electron chi connectivity index (χ3n) is 5.73. The lowest BCUT2D eigenvalue weighted by Gasteiger charge is -2.09. The Kier molecular flexibility index (Phi) is 7.26. The summed E-state index contributed by atoms with van der Waals surface area (Å²) >= 11 is 0. The van der Waals surface area contributed by atoms with Crippen molar-refractivity contribution in [1.82, 2.24) is 15.1 Å². The van der Waals surface area contributed by atoms with E-state index in [0.717, 1.165) is 22.5 Å². The van der Waals surface area contributed by atoms with Gasteiger partial charge in [0, 0.05) is 18.2 Å². The maximum Gasteiger partial charge on any atom is 0.255 e. The van der Waals surface area contributed by atoms with Crippen molar-refractivity contribution in [2.24, 2.45) is 0 Å². The Bertz CT molecular complexity index is 1330. The monoisotopic (exact) mass is 468 g/mol. The Balaban J connectivity index is 1.42. The highest BCUT2D eigenvalue weighted by molar-refractivity contribution is 6.05. The zero-order chi connectivity index (χ0) is 24.8. The Labute approximate surface area is 204 Å². The summed E-state index contributed by atoms with van der Waals surface area (Å²) in [5.41, 5.74) is 5.39. The summed E-state index contributed by atoms with van der Waals surface area (Å²) in [7, 11) is 1.61. The minimum Gasteiger partial charge on any atom is -0.489 e. The third-order valence-corrected chi connectivity index (χ3v) is 5.73. The average molecular weight is 469 g/mol. The molecule has 0 spiro atoms. The van der Waals surface area contributed by atoms with Gasteiger partial charge >= 0.3 is 0 Å². The van der Waals surface area contributed by atoms with Crippen LogP contribution < -0.4 is 15.4 Å². The summed E-state index contributed by atoms with van der Waals surface area (Å²) in [6, 6.07) is 24.4. The van der Waals surface area contributed by atoms with Crippen LogP contribution in [0.3, 0.4) is 0 Å². The standard InChI is InChI=1S/C28H28N4O3/c1-19-26(20(2)32(31-19)17-22-10-7-11-24(16-22)27(33)29-3)30-28(34)23-12-14-25(15-13-23)35-18-21-8-5-4-6-9-21/h4-16H,17-18H2,1-3H3,(H,29,33)(H,30,34). The number of hydrogen-bond donors (Lipinski definition) is 2. The molecule has 0 fully saturated rings. The fourth-order valence-electron chi connectivity index (χ4n) is 3.79. The summed E-state index contributed by atoms with van der Waals surface area (Å²) < 4.78 is 7.63. The highest BCUT2D eigenvalue weighted by Gasteiger charge is 2.16. The number of aromatic nitrogens is 2. The van der Waals surface area contributed by atoms with Crippen molar-refractivity contribution in [2.75, 3.05) is 12.4 Å². The summed E-state index contributed by atoms with van der Waals surface area (Å²) in [4.78, 5) is 24.8. The molecule has 3 aromatic carbocycles. The fourth-order valence-corrected chi connectivity index (χ4v) is 3.79. The molecule has 1 heterocycles. The van der Waals surface area contributed by atoms with E-state index >= 15 is 0 Å². The van der Waals surface area contributed by atoms with Gasteiger partial charge in [-0.15, -0.1) is 0 Å². The summed E-state index contributed by atoms with van der Waals surface area (Å²) in [5, 5.41) is 10.2. The number of carbonyl (C=O) groups excluding carboxylic acids is 2. The number of aryl methyl sites for hydroxylation is 1. The maximum atomic E-state index is 12.9. The van der Waals surface area contributed by atoms with E-state index in [1.165, 1.54) is 0 Å². The van der Waals surface area contributed by atoms with Gasteiger partial charge in [0.15, 0.2) is 0 Å². The second-order valence-corrected chi connectivity index (χ2v) is 8.24. The van der Waals surface area contributed by atoms with Crippen LogP contribution in [0, 0.1) is 13.8 Å². The summed E-state index contributed by atoms with van der Waals surface area (Å²) in [6.07, 6.45) is 0. The van der Waals surface area contributed by atoms with E-state index in [1.54, 1.807) is 37.4 Å². The summed E-state index contributed by atoms with van der Waals surface area (Å²) in [5.74, 6) is 0.348. The van der Waals surface area contributed by atoms with Gasteiger partial charge in [0.1, 0.15) is 12.4 Å². The maximum absolute atomic E-state index is 12.9.